The SMILES string of the molecule is [CH2]CN1C(=O)COc2cc(Nc3ccc(N4CC(C)OC(C)C4)cc3)ccc21. The highest BCUT2D eigenvalue weighted by atomic mass is 16.5. The molecule has 4 rings (SSSR count). The van der Waals surface area contributed by atoms with Gasteiger partial charge in [0.15, 0.2) is 6.61 Å². The molecule has 2 aromatic carbocycles. The van der Waals surface area contributed by atoms with Gasteiger partial charge in [0.1, 0.15) is 5.75 Å². The molecular weight excluding hydrogens is 354 g/mol. The lowest BCUT2D eigenvalue weighted by atomic mass is 10.1. The second-order valence-electron chi connectivity index (χ2n) is 7.35. The van der Waals surface area contributed by atoms with Crippen molar-refractivity contribution in [2.24, 2.45) is 0 Å². The molecule has 0 aromatic heterocycles. The highest BCUT2D eigenvalue weighted by Crippen LogP contribution is 2.35. The maximum atomic E-state index is 11.9. The van der Waals surface area contributed by atoms with Crippen LogP contribution in [0.4, 0.5) is 22.7 Å². The molecule has 0 spiro atoms. The molecule has 147 valence electrons. The molecule has 2 atom stereocenters. The number of fused-ring (bicyclic) bond motifs is 1. The van der Waals surface area contributed by atoms with Crippen molar-refractivity contribution >= 4 is 28.7 Å². The summed E-state index contributed by atoms with van der Waals surface area (Å²) in [4.78, 5) is 15.9. The molecular formula is C22H26N3O3. The summed E-state index contributed by atoms with van der Waals surface area (Å²) in [5.74, 6) is 0.631. The standard InChI is InChI=1S/C22H26N3O3/c1-4-25-20-10-7-18(11-21(20)27-14-22(25)26)23-17-5-8-19(9-6-17)24-12-15(2)28-16(3)13-24/h5-11,15-16,23H,1,4,12-14H2,2-3H3. The molecule has 0 bridgehead atoms. The highest BCUT2D eigenvalue weighted by Gasteiger charge is 2.24. The van der Waals surface area contributed by atoms with E-state index in [0.717, 1.165) is 30.2 Å². The number of nitrogens with zero attached hydrogens (tertiary/aromatic N) is 2. The number of benzene rings is 2. The monoisotopic (exact) mass is 380 g/mol. The molecule has 1 N–H and O–H groups in total. The van der Waals surface area contributed by atoms with Gasteiger partial charge in [-0.2, -0.15) is 0 Å². The van der Waals surface area contributed by atoms with Crippen LogP contribution in [0.5, 0.6) is 5.75 Å². The van der Waals surface area contributed by atoms with Gasteiger partial charge in [0.25, 0.3) is 5.91 Å². The Labute approximate surface area is 166 Å². The van der Waals surface area contributed by atoms with Crippen LogP contribution in [-0.4, -0.2) is 44.4 Å². The van der Waals surface area contributed by atoms with E-state index >= 15 is 0 Å². The molecule has 2 unspecified atom stereocenters. The maximum Gasteiger partial charge on any atom is 0.265 e. The lowest BCUT2D eigenvalue weighted by molar-refractivity contribution is -0.121. The van der Waals surface area contributed by atoms with Crippen molar-refractivity contribution in [1.29, 1.82) is 0 Å². The fraction of sp³-hybridized carbons (Fsp3) is 0.364. The van der Waals surface area contributed by atoms with Gasteiger partial charge in [0.05, 0.1) is 17.9 Å². The van der Waals surface area contributed by atoms with Gasteiger partial charge in [0, 0.05) is 42.8 Å². The van der Waals surface area contributed by atoms with E-state index in [2.05, 4.69) is 55.3 Å². The van der Waals surface area contributed by atoms with Crippen molar-refractivity contribution in [3.63, 3.8) is 0 Å². The first-order valence-electron chi connectivity index (χ1n) is 9.67. The largest absolute Gasteiger partial charge is 0.481 e. The van der Waals surface area contributed by atoms with Crippen LogP contribution in [0.15, 0.2) is 42.5 Å². The summed E-state index contributed by atoms with van der Waals surface area (Å²) in [6, 6.07) is 14.2. The Kier molecular flexibility index (Phi) is 5.13. The van der Waals surface area contributed by atoms with Gasteiger partial charge < -0.3 is 24.6 Å². The Balaban J connectivity index is 1.47. The van der Waals surface area contributed by atoms with Crippen LogP contribution in [0.3, 0.4) is 0 Å². The van der Waals surface area contributed by atoms with Crippen molar-refractivity contribution in [2.45, 2.75) is 26.1 Å². The van der Waals surface area contributed by atoms with Crippen LogP contribution in [0, 0.1) is 6.92 Å². The number of amides is 1. The van der Waals surface area contributed by atoms with Crippen LogP contribution < -0.4 is 19.9 Å². The number of carbonyl (C=O) groups is 1. The summed E-state index contributed by atoms with van der Waals surface area (Å²) >= 11 is 0. The second kappa shape index (κ2) is 7.72. The Morgan fingerprint density at radius 2 is 1.75 bits per heavy atom. The van der Waals surface area contributed by atoms with Crippen molar-refractivity contribution in [3.8, 4) is 5.75 Å². The van der Waals surface area contributed by atoms with Gasteiger partial charge in [-0.3, -0.25) is 4.79 Å². The number of nitrogens with one attached hydrogen (secondary N) is 1. The minimum Gasteiger partial charge on any atom is -0.481 e. The molecule has 0 aliphatic carbocycles. The minimum atomic E-state index is -0.0643. The van der Waals surface area contributed by atoms with Crippen LogP contribution in [0.25, 0.3) is 0 Å². The molecule has 2 aliphatic heterocycles. The van der Waals surface area contributed by atoms with Gasteiger partial charge >= 0.3 is 0 Å². The van der Waals surface area contributed by atoms with Crippen LogP contribution in [-0.2, 0) is 9.53 Å². The topological polar surface area (TPSA) is 54.0 Å². The summed E-state index contributed by atoms with van der Waals surface area (Å²) in [6.45, 7) is 10.3. The van der Waals surface area contributed by atoms with Gasteiger partial charge in [0.2, 0.25) is 0 Å². The average molecular weight is 380 g/mol. The van der Waals surface area contributed by atoms with Crippen molar-refractivity contribution < 1.29 is 14.3 Å². The van der Waals surface area contributed by atoms with E-state index < -0.39 is 0 Å². The predicted octanol–water partition coefficient (Wildman–Crippen LogP) is 3.60. The number of hydrogen-bond donors (Lipinski definition) is 1. The molecule has 2 aliphatic rings. The molecule has 0 saturated carbocycles. The minimum absolute atomic E-state index is 0.0526. The zero-order valence-electron chi connectivity index (χ0n) is 16.4. The Bertz CT molecular complexity index is 843. The second-order valence-corrected chi connectivity index (χ2v) is 7.35. The zero-order valence-corrected chi connectivity index (χ0v) is 16.4. The maximum absolute atomic E-state index is 11.9. The lowest BCUT2D eigenvalue weighted by Gasteiger charge is -2.36. The third-order valence-corrected chi connectivity index (χ3v) is 5.07. The molecule has 6 nitrogen and oxygen atoms in total. The summed E-state index contributed by atoms with van der Waals surface area (Å²) in [7, 11) is 0. The quantitative estimate of drug-likeness (QED) is 0.878. The molecule has 1 amide bonds. The van der Waals surface area contributed by atoms with E-state index in [9.17, 15) is 4.79 Å². The summed E-state index contributed by atoms with van der Waals surface area (Å²) < 4.78 is 11.4. The van der Waals surface area contributed by atoms with Crippen molar-refractivity contribution in [1.82, 2.24) is 0 Å². The highest BCUT2D eigenvalue weighted by molar-refractivity contribution is 5.98. The first-order chi connectivity index (χ1) is 13.5. The van der Waals surface area contributed by atoms with E-state index in [1.54, 1.807) is 4.90 Å². The predicted molar refractivity (Wildman–Crippen MR) is 112 cm³/mol. The fourth-order valence-corrected chi connectivity index (χ4v) is 3.84. The fourth-order valence-electron chi connectivity index (χ4n) is 3.84. The summed E-state index contributed by atoms with van der Waals surface area (Å²) in [5.41, 5.74) is 3.88. The molecule has 1 saturated heterocycles. The number of ether oxygens (including phenoxy) is 2. The van der Waals surface area contributed by atoms with E-state index in [-0.39, 0.29) is 24.7 Å². The number of rotatable bonds is 4. The zero-order chi connectivity index (χ0) is 19.7. The van der Waals surface area contributed by atoms with Gasteiger partial charge in [-0.15, -0.1) is 0 Å². The smallest absolute Gasteiger partial charge is 0.265 e. The third kappa shape index (κ3) is 3.78. The Morgan fingerprint density at radius 1 is 1.07 bits per heavy atom. The summed E-state index contributed by atoms with van der Waals surface area (Å²) in [5, 5.41) is 3.40. The van der Waals surface area contributed by atoms with Gasteiger partial charge in [-0.05, 0) is 57.2 Å². The molecule has 1 fully saturated rings. The molecule has 6 heteroatoms. The van der Waals surface area contributed by atoms with Crippen molar-refractivity contribution in [3.05, 3.63) is 49.4 Å². The third-order valence-electron chi connectivity index (χ3n) is 5.07. The number of anilines is 4. The summed E-state index contributed by atoms with van der Waals surface area (Å²) in [6.07, 6.45) is 0.476. The first-order valence-corrected chi connectivity index (χ1v) is 9.67. The van der Waals surface area contributed by atoms with Crippen LogP contribution in [0.2, 0.25) is 0 Å². The Hall–Kier alpha value is -2.73. The molecule has 2 aromatic rings. The van der Waals surface area contributed by atoms with Crippen LogP contribution >= 0.6 is 0 Å². The van der Waals surface area contributed by atoms with Crippen LogP contribution in [0.1, 0.15) is 13.8 Å². The first kappa shape index (κ1) is 18.6. The average Bonchev–Trinajstić information content (AvgIpc) is 2.68. The normalized spacial score (nSPS) is 21.9. The molecule has 2 heterocycles. The van der Waals surface area contributed by atoms with Gasteiger partial charge in [-0.25, -0.2) is 0 Å². The van der Waals surface area contributed by atoms with E-state index in [0.29, 0.717) is 12.3 Å². The molecule has 1 radical (unpaired) electrons. The number of carbonyl (C=O) groups excluding carboxylic acids is 1. The van der Waals surface area contributed by atoms with E-state index in [1.807, 2.05) is 18.2 Å². The van der Waals surface area contributed by atoms with E-state index in [1.165, 1.54) is 5.69 Å². The number of morpholine rings is 1. The Morgan fingerprint density at radius 3 is 2.43 bits per heavy atom. The van der Waals surface area contributed by atoms with Gasteiger partial charge in [-0.1, -0.05) is 0 Å². The number of hydrogen-bond acceptors (Lipinski definition) is 5. The molecule has 28 heavy (non-hydrogen) atoms. The lowest BCUT2D eigenvalue weighted by Crippen LogP contribution is -2.45. The van der Waals surface area contributed by atoms with Crippen molar-refractivity contribution in [2.75, 3.05) is 41.4 Å². The van der Waals surface area contributed by atoms with E-state index in [4.69, 9.17) is 9.47 Å².